The third-order valence-electron chi connectivity index (χ3n) is 2.88. The fourth-order valence-electron chi connectivity index (χ4n) is 2.01. The maximum Gasteiger partial charge on any atom is 0.342 e. The summed E-state index contributed by atoms with van der Waals surface area (Å²) in [5.41, 5.74) is 0.485. The molecule has 0 aromatic heterocycles. The van der Waals surface area contributed by atoms with E-state index in [9.17, 15) is 9.59 Å². The molecule has 0 aliphatic heterocycles. The minimum Gasteiger partial charge on any atom is -0.462 e. The van der Waals surface area contributed by atoms with Gasteiger partial charge >= 0.3 is 5.97 Å². The first kappa shape index (κ1) is 12.3. The molecule has 2 aromatic carbocycles. The molecule has 0 amide bonds. The van der Waals surface area contributed by atoms with Gasteiger partial charge in [-0.05, 0) is 36.2 Å². The molecule has 0 unspecified atom stereocenters. The first-order chi connectivity index (χ1) is 8.65. The summed E-state index contributed by atoms with van der Waals surface area (Å²) in [4.78, 5) is 23.8. The monoisotopic (exact) mass is 242 g/mol. The smallest absolute Gasteiger partial charge is 0.342 e. The third kappa shape index (κ3) is 2.12. The molecule has 0 aliphatic rings. The number of esters is 1. The van der Waals surface area contributed by atoms with Gasteiger partial charge in [-0.1, -0.05) is 30.3 Å². The summed E-state index contributed by atoms with van der Waals surface area (Å²) in [6.45, 7) is 3.75. The molecular weight excluding hydrogens is 228 g/mol. The van der Waals surface area contributed by atoms with Crippen molar-refractivity contribution in [3.63, 3.8) is 0 Å². The second-order valence-electron chi connectivity index (χ2n) is 4.01. The first-order valence-corrected chi connectivity index (χ1v) is 5.85. The molecule has 0 saturated heterocycles. The lowest BCUT2D eigenvalue weighted by atomic mass is 10.1. The summed E-state index contributed by atoms with van der Waals surface area (Å²) in [5.74, 6) is -0.554. The zero-order chi connectivity index (χ0) is 13.1. The Hall–Kier alpha value is -2.16. The summed E-state index contributed by atoms with van der Waals surface area (Å²) in [6, 6.07) is 10.7. The minimum absolute atomic E-state index is 0.123. The number of ether oxygens (including phenoxy) is 1. The highest BCUT2D eigenvalue weighted by molar-refractivity contribution is 5.97. The number of hydrogen-bond acceptors (Lipinski definition) is 3. The topological polar surface area (TPSA) is 43.4 Å². The molecule has 0 fully saturated rings. The van der Waals surface area contributed by atoms with Gasteiger partial charge in [0.05, 0.1) is 6.61 Å². The van der Waals surface area contributed by atoms with Crippen molar-refractivity contribution >= 4 is 16.7 Å². The Bertz CT molecular complexity index is 659. The Balaban J connectivity index is 2.82. The number of aryl methyl sites for hydroxylation is 1. The van der Waals surface area contributed by atoms with E-state index in [2.05, 4.69) is 0 Å². The fourth-order valence-corrected chi connectivity index (χ4v) is 2.01. The second kappa shape index (κ2) is 5.00. The van der Waals surface area contributed by atoms with Crippen molar-refractivity contribution < 1.29 is 9.53 Å². The van der Waals surface area contributed by atoms with Crippen molar-refractivity contribution in [1.82, 2.24) is 0 Å². The van der Waals surface area contributed by atoms with Crippen LogP contribution in [0.5, 0.6) is 0 Å². The molecule has 0 saturated carbocycles. The van der Waals surface area contributed by atoms with Crippen LogP contribution in [0.2, 0.25) is 0 Å². The summed E-state index contributed by atoms with van der Waals surface area (Å²) in [7, 11) is 0. The zero-order valence-electron chi connectivity index (χ0n) is 10.4. The normalized spacial score (nSPS) is 10.3. The van der Waals surface area contributed by atoms with Crippen LogP contribution in [0.3, 0.4) is 0 Å². The molecule has 2 rings (SSSR count). The van der Waals surface area contributed by atoms with Crippen LogP contribution in [-0.4, -0.2) is 12.6 Å². The average molecular weight is 242 g/mol. The lowest BCUT2D eigenvalue weighted by Gasteiger charge is -2.03. The zero-order valence-corrected chi connectivity index (χ0v) is 10.4. The summed E-state index contributed by atoms with van der Waals surface area (Å²) in [5, 5.41) is 1.82. The summed E-state index contributed by atoms with van der Waals surface area (Å²) >= 11 is 0. The van der Waals surface area contributed by atoms with Crippen LogP contribution in [0.1, 0.15) is 22.8 Å². The van der Waals surface area contributed by atoms with Crippen molar-refractivity contribution in [3.05, 3.63) is 57.7 Å². The van der Waals surface area contributed by atoms with Crippen LogP contribution in [0.15, 0.2) is 41.2 Å². The second-order valence-corrected chi connectivity index (χ2v) is 4.01. The Morgan fingerprint density at radius 2 is 1.89 bits per heavy atom. The Morgan fingerprint density at radius 1 is 1.17 bits per heavy atom. The maximum atomic E-state index is 12.0. The highest BCUT2D eigenvalue weighted by Crippen LogP contribution is 2.18. The SMILES string of the molecule is CCOC(=O)c1c(C)c2ccccc2ccc1=O. The fraction of sp³-hybridized carbons (Fsp3) is 0.200. The predicted molar refractivity (Wildman–Crippen MR) is 70.9 cm³/mol. The van der Waals surface area contributed by atoms with Gasteiger partial charge in [0.1, 0.15) is 5.56 Å². The van der Waals surface area contributed by atoms with Crippen LogP contribution in [0.4, 0.5) is 0 Å². The number of carbonyl (C=O) groups is 1. The van der Waals surface area contributed by atoms with Gasteiger partial charge in [-0.2, -0.15) is 0 Å². The van der Waals surface area contributed by atoms with Gasteiger partial charge in [0.25, 0.3) is 0 Å². The first-order valence-electron chi connectivity index (χ1n) is 5.85. The predicted octanol–water partition coefficient (Wildman–Crippen LogP) is 2.69. The molecular formula is C15H14O3. The molecule has 0 atom stereocenters. The van der Waals surface area contributed by atoms with Gasteiger partial charge in [0.2, 0.25) is 0 Å². The van der Waals surface area contributed by atoms with Crippen molar-refractivity contribution in [2.24, 2.45) is 0 Å². The number of rotatable bonds is 2. The van der Waals surface area contributed by atoms with Crippen LogP contribution < -0.4 is 5.43 Å². The van der Waals surface area contributed by atoms with E-state index in [1.54, 1.807) is 19.9 Å². The molecule has 0 heterocycles. The Labute approximate surface area is 105 Å². The lowest BCUT2D eigenvalue weighted by Crippen LogP contribution is -2.16. The molecule has 3 nitrogen and oxygen atoms in total. The van der Waals surface area contributed by atoms with Gasteiger partial charge in [-0.15, -0.1) is 0 Å². The van der Waals surface area contributed by atoms with E-state index in [4.69, 9.17) is 4.74 Å². The van der Waals surface area contributed by atoms with Crippen molar-refractivity contribution in [2.45, 2.75) is 13.8 Å². The van der Waals surface area contributed by atoms with Crippen LogP contribution in [0, 0.1) is 6.92 Å². The molecule has 0 radical (unpaired) electrons. The number of benzene rings is 1. The van der Waals surface area contributed by atoms with Crippen LogP contribution in [-0.2, 0) is 4.74 Å². The van der Waals surface area contributed by atoms with Crippen molar-refractivity contribution in [1.29, 1.82) is 0 Å². The molecule has 3 heteroatoms. The molecule has 0 aliphatic carbocycles. The molecule has 0 bridgehead atoms. The van der Waals surface area contributed by atoms with Gasteiger partial charge in [0, 0.05) is 0 Å². The van der Waals surface area contributed by atoms with Gasteiger partial charge in [0.15, 0.2) is 5.43 Å². The quantitative estimate of drug-likeness (QED) is 0.760. The third-order valence-corrected chi connectivity index (χ3v) is 2.88. The van der Waals surface area contributed by atoms with E-state index in [0.717, 1.165) is 10.8 Å². The van der Waals surface area contributed by atoms with Gasteiger partial charge in [-0.3, -0.25) is 4.79 Å². The van der Waals surface area contributed by atoms with Gasteiger partial charge < -0.3 is 4.74 Å². The number of hydrogen-bond donors (Lipinski definition) is 0. The maximum absolute atomic E-state index is 12.0. The van der Waals surface area contributed by atoms with E-state index in [1.165, 1.54) is 6.07 Å². The van der Waals surface area contributed by atoms with E-state index in [0.29, 0.717) is 5.56 Å². The van der Waals surface area contributed by atoms with Crippen LogP contribution in [0.25, 0.3) is 10.8 Å². The highest BCUT2D eigenvalue weighted by atomic mass is 16.5. The molecule has 92 valence electrons. The van der Waals surface area contributed by atoms with E-state index >= 15 is 0 Å². The highest BCUT2D eigenvalue weighted by Gasteiger charge is 2.15. The molecule has 0 N–H and O–H groups in total. The Morgan fingerprint density at radius 3 is 2.61 bits per heavy atom. The van der Waals surface area contributed by atoms with Gasteiger partial charge in [-0.25, -0.2) is 4.79 Å². The standard InChI is InChI=1S/C15H14O3/c1-3-18-15(17)14-10(2)12-7-5-4-6-11(12)8-9-13(14)16/h4-9H,3H2,1-2H3. The van der Waals surface area contributed by atoms with Crippen molar-refractivity contribution in [2.75, 3.05) is 6.61 Å². The number of carbonyl (C=O) groups excluding carboxylic acids is 1. The van der Waals surface area contributed by atoms with E-state index in [-0.39, 0.29) is 17.6 Å². The molecule has 0 spiro atoms. The largest absolute Gasteiger partial charge is 0.462 e. The van der Waals surface area contributed by atoms with Crippen LogP contribution >= 0.6 is 0 Å². The molecule has 18 heavy (non-hydrogen) atoms. The lowest BCUT2D eigenvalue weighted by molar-refractivity contribution is 0.0524. The van der Waals surface area contributed by atoms with E-state index < -0.39 is 5.97 Å². The summed E-state index contributed by atoms with van der Waals surface area (Å²) in [6.07, 6.45) is 0. The summed E-state index contributed by atoms with van der Waals surface area (Å²) < 4.78 is 4.94. The molecule has 2 aromatic rings. The number of fused-ring (bicyclic) bond motifs is 1. The van der Waals surface area contributed by atoms with E-state index in [1.807, 2.05) is 24.3 Å². The minimum atomic E-state index is -0.554. The Kier molecular flexibility index (Phi) is 3.42. The van der Waals surface area contributed by atoms with Crippen molar-refractivity contribution in [3.8, 4) is 0 Å². The average Bonchev–Trinajstić information content (AvgIpc) is 2.48.